The number of nitriles is 1. The highest BCUT2D eigenvalue weighted by molar-refractivity contribution is 5.66. The highest BCUT2D eigenvalue weighted by atomic mass is 16.6. The number of rotatable bonds is 5. The maximum atomic E-state index is 11.5. The molecule has 0 amide bonds. The summed E-state index contributed by atoms with van der Waals surface area (Å²) in [4.78, 5) is 19.0. The fourth-order valence-corrected chi connectivity index (χ4v) is 1.59. The van der Waals surface area contributed by atoms with Gasteiger partial charge in [0.15, 0.2) is 0 Å². The van der Waals surface area contributed by atoms with Crippen LogP contribution in [-0.2, 0) is 4.84 Å². The van der Waals surface area contributed by atoms with Crippen molar-refractivity contribution in [2.75, 3.05) is 7.11 Å². The molecule has 0 aliphatic heterocycles. The molecule has 0 saturated carbocycles. The number of nitrogens with zero attached hydrogens (tertiary/aromatic N) is 1. The molecule has 5 nitrogen and oxygen atoms in total. The summed E-state index contributed by atoms with van der Waals surface area (Å²) in [6.07, 6.45) is 3.86. The van der Waals surface area contributed by atoms with Gasteiger partial charge in [-0.1, -0.05) is 19.4 Å². The lowest BCUT2D eigenvalue weighted by Crippen LogP contribution is -2.17. The third kappa shape index (κ3) is 3.22. The van der Waals surface area contributed by atoms with Gasteiger partial charge in [-0.3, -0.25) is 15.1 Å². The molecular formula is C13H17N3O2. The molecule has 1 rings (SSSR count). The summed E-state index contributed by atoms with van der Waals surface area (Å²) in [5.74, 6) is 0. The Morgan fingerprint density at radius 2 is 2.39 bits per heavy atom. The van der Waals surface area contributed by atoms with E-state index in [1.807, 2.05) is 12.1 Å². The highest BCUT2D eigenvalue weighted by Gasteiger charge is 2.09. The molecule has 0 aliphatic carbocycles. The van der Waals surface area contributed by atoms with E-state index in [0.29, 0.717) is 5.69 Å². The zero-order valence-electron chi connectivity index (χ0n) is 10.8. The molecule has 1 aromatic rings. The van der Waals surface area contributed by atoms with Crippen molar-refractivity contribution in [3.8, 4) is 6.07 Å². The van der Waals surface area contributed by atoms with Crippen LogP contribution in [0.15, 0.2) is 16.9 Å². The number of allylic oxidation sites excluding steroid dienone is 1. The number of aromatic amines is 1. The number of nitrogens with one attached hydrogen (secondary N) is 2. The number of hydrogen-bond acceptors (Lipinski definition) is 4. The molecule has 0 aliphatic rings. The Labute approximate surface area is 106 Å². The minimum absolute atomic E-state index is 0.0934. The Morgan fingerprint density at radius 1 is 1.67 bits per heavy atom. The van der Waals surface area contributed by atoms with Crippen LogP contribution in [0.5, 0.6) is 0 Å². The van der Waals surface area contributed by atoms with E-state index in [-0.39, 0.29) is 11.1 Å². The van der Waals surface area contributed by atoms with Crippen LogP contribution in [0.1, 0.15) is 36.6 Å². The molecule has 96 valence electrons. The van der Waals surface area contributed by atoms with Gasteiger partial charge < -0.3 is 4.98 Å². The van der Waals surface area contributed by atoms with Crippen molar-refractivity contribution < 1.29 is 4.84 Å². The topological polar surface area (TPSA) is 77.9 Å². The van der Waals surface area contributed by atoms with Crippen LogP contribution in [0.3, 0.4) is 0 Å². The Hall–Kier alpha value is -2.06. The van der Waals surface area contributed by atoms with Gasteiger partial charge in [0.2, 0.25) is 0 Å². The normalized spacial score (nSPS) is 11.1. The smallest absolute Gasteiger partial charge is 0.266 e. The number of hydrogen-bond donors (Lipinski definition) is 2. The van der Waals surface area contributed by atoms with E-state index in [2.05, 4.69) is 17.4 Å². The van der Waals surface area contributed by atoms with Crippen molar-refractivity contribution in [3.05, 3.63) is 39.3 Å². The largest absolute Gasteiger partial charge is 0.325 e. The van der Waals surface area contributed by atoms with Crippen molar-refractivity contribution in [2.45, 2.75) is 26.7 Å². The second-order valence-electron chi connectivity index (χ2n) is 3.88. The van der Waals surface area contributed by atoms with Crippen LogP contribution >= 0.6 is 0 Å². The van der Waals surface area contributed by atoms with Crippen molar-refractivity contribution >= 4 is 5.70 Å². The first-order valence-electron chi connectivity index (χ1n) is 5.77. The van der Waals surface area contributed by atoms with Gasteiger partial charge in [-0.05, 0) is 19.4 Å². The first-order valence-corrected chi connectivity index (χ1v) is 5.77. The summed E-state index contributed by atoms with van der Waals surface area (Å²) in [5, 5.41) is 8.88. The van der Waals surface area contributed by atoms with Crippen molar-refractivity contribution in [2.24, 2.45) is 0 Å². The minimum atomic E-state index is -0.369. The van der Waals surface area contributed by atoms with Gasteiger partial charge in [-0.25, -0.2) is 0 Å². The van der Waals surface area contributed by atoms with E-state index < -0.39 is 0 Å². The van der Waals surface area contributed by atoms with Crippen molar-refractivity contribution in [3.63, 3.8) is 0 Å². The SMILES string of the molecule is CCCC=C(NOC)c1cc(C#N)c(=O)[nH]c1C. The molecule has 0 saturated heterocycles. The predicted molar refractivity (Wildman–Crippen MR) is 69.5 cm³/mol. The monoisotopic (exact) mass is 247 g/mol. The molecule has 1 heterocycles. The predicted octanol–water partition coefficient (Wildman–Crippen LogP) is 1.85. The Balaban J connectivity index is 3.28. The van der Waals surface area contributed by atoms with Crippen LogP contribution in [0.25, 0.3) is 5.70 Å². The van der Waals surface area contributed by atoms with E-state index in [4.69, 9.17) is 10.1 Å². The van der Waals surface area contributed by atoms with Gasteiger partial charge in [-0.2, -0.15) is 5.26 Å². The van der Waals surface area contributed by atoms with Crippen molar-refractivity contribution in [1.82, 2.24) is 10.5 Å². The summed E-state index contributed by atoms with van der Waals surface area (Å²) in [6, 6.07) is 3.45. The van der Waals surface area contributed by atoms with Gasteiger partial charge in [0.05, 0.1) is 12.8 Å². The molecule has 0 aromatic carbocycles. The molecule has 2 N–H and O–H groups in total. The fourth-order valence-electron chi connectivity index (χ4n) is 1.59. The van der Waals surface area contributed by atoms with E-state index in [1.54, 1.807) is 13.0 Å². The van der Waals surface area contributed by atoms with E-state index >= 15 is 0 Å². The minimum Gasteiger partial charge on any atom is -0.325 e. The quantitative estimate of drug-likeness (QED) is 0.778. The molecule has 18 heavy (non-hydrogen) atoms. The van der Waals surface area contributed by atoms with Crippen LogP contribution in [0.4, 0.5) is 0 Å². The van der Waals surface area contributed by atoms with Gasteiger partial charge in [-0.15, -0.1) is 0 Å². The lowest BCUT2D eigenvalue weighted by Gasteiger charge is -2.12. The summed E-state index contributed by atoms with van der Waals surface area (Å²) in [5.41, 5.74) is 4.72. The van der Waals surface area contributed by atoms with Crippen molar-refractivity contribution in [1.29, 1.82) is 5.26 Å². The third-order valence-corrected chi connectivity index (χ3v) is 2.50. The van der Waals surface area contributed by atoms with E-state index in [1.165, 1.54) is 7.11 Å². The number of aryl methyl sites for hydroxylation is 1. The summed E-state index contributed by atoms with van der Waals surface area (Å²) in [6.45, 7) is 3.86. The number of aromatic nitrogens is 1. The number of hydroxylamine groups is 1. The number of H-pyrrole nitrogens is 1. The zero-order chi connectivity index (χ0) is 13.5. The Kier molecular flexibility index (Phi) is 5.15. The Bertz CT molecular complexity index is 538. The molecule has 0 bridgehead atoms. The van der Waals surface area contributed by atoms with Crippen LogP contribution in [-0.4, -0.2) is 12.1 Å². The first kappa shape index (κ1) is 14.0. The summed E-state index contributed by atoms with van der Waals surface area (Å²) >= 11 is 0. The molecule has 0 spiro atoms. The fraction of sp³-hybridized carbons (Fsp3) is 0.385. The standard InChI is InChI=1S/C13H17N3O2/c1-4-5-6-12(16-18-3)11-7-10(8-14)13(17)15-9(11)2/h6-7,16H,4-5H2,1-3H3,(H,15,17). The van der Waals surface area contributed by atoms with Crippen LogP contribution in [0.2, 0.25) is 0 Å². The highest BCUT2D eigenvalue weighted by Crippen LogP contribution is 2.16. The molecule has 0 unspecified atom stereocenters. The van der Waals surface area contributed by atoms with Crippen LogP contribution < -0.4 is 11.0 Å². The zero-order valence-corrected chi connectivity index (χ0v) is 10.8. The lowest BCUT2D eigenvalue weighted by molar-refractivity contribution is 0.136. The second kappa shape index (κ2) is 6.62. The third-order valence-electron chi connectivity index (χ3n) is 2.50. The average molecular weight is 247 g/mol. The first-order chi connectivity index (χ1) is 8.63. The molecular weight excluding hydrogens is 230 g/mol. The maximum Gasteiger partial charge on any atom is 0.266 e. The van der Waals surface area contributed by atoms with Gasteiger partial charge in [0.25, 0.3) is 5.56 Å². The second-order valence-corrected chi connectivity index (χ2v) is 3.88. The molecule has 0 fully saturated rings. The summed E-state index contributed by atoms with van der Waals surface area (Å²) < 4.78 is 0. The van der Waals surface area contributed by atoms with E-state index in [9.17, 15) is 4.79 Å². The van der Waals surface area contributed by atoms with Gasteiger partial charge in [0, 0.05) is 11.3 Å². The van der Waals surface area contributed by atoms with Crippen LogP contribution in [0, 0.1) is 18.3 Å². The Morgan fingerprint density at radius 3 is 2.94 bits per heavy atom. The summed E-state index contributed by atoms with van der Waals surface area (Å²) in [7, 11) is 1.52. The van der Waals surface area contributed by atoms with E-state index in [0.717, 1.165) is 24.1 Å². The molecule has 0 atom stereocenters. The molecule has 0 radical (unpaired) electrons. The molecule has 1 aromatic heterocycles. The molecule has 5 heteroatoms. The number of unbranched alkanes of at least 4 members (excludes halogenated alkanes) is 1. The van der Waals surface area contributed by atoms with Gasteiger partial charge >= 0.3 is 0 Å². The average Bonchev–Trinajstić information content (AvgIpc) is 2.35. The maximum absolute atomic E-state index is 11.5. The van der Waals surface area contributed by atoms with Gasteiger partial charge in [0.1, 0.15) is 11.6 Å². The number of pyridine rings is 1. The lowest BCUT2D eigenvalue weighted by atomic mass is 10.1.